The zero-order valence-electron chi connectivity index (χ0n) is 10.1. The molecule has 0 saturated heterocycles. The highest BCUT2D eigenvalue weighted by molar-refractivity contribution is 5.96. The fourth-order valence-corrected chi connectivity index (χ4v) is 1.66. The summed E-state index contributed by atoms with van der Waals surface area (Å²) < 4.78 is 5.09. The van der Waals surface area contributed by atoms with E-state index >= 15 is 0 Å². The van der Waals surface area contributed by atoms with Crippen LogP contribution in [-0.4, -0.2) is 23.0 Å². The maximum atomic E-state index is 11.9. The van der Waals surface area contributed by atoms with E-state index in [1.165, 1.54) is 6.26 Å². The van der Waals surface area contributed by atoms with Crippen LogP contribution in [-0.2, 0) is 11.2 Å². The lowest BCUT2D eigenvalue weighted by molar-refractivity contribution is -0.139. The topological polar surface area (TPSA) is 79.5 Å². The van der Waals surface area contributed by atoms with Crippen LogP contribution in [0.3, 0.4) is 0 Å². The lowest BCUT2D eigenvalue weighted by Gasteiger charge is -2.13. The van der Waals surface area contributed by atoms with Gasteiger partial charge in [0.15, 0.2) is 0 Å². The van der Waals surface area contributed by atoms with E-state index in [1.807, 2.05) is 0 Å². The monoisotopic (exact) mass is 259 g/mol. The van der Waals surface area contributed by atoms with Crippen LogP contribution in [0.5, 0.6) is 0 Å². The van der Waals surface area contributed by atoms with Crippen molar-refractivity contribution in [2.24, 2.45) is 0 Å². The molecule has 0 aliphatic heterocycles. The molecule has 0 spiro atoms. The molecule has 0 radical (unpaired) electrons. The van der Waals surface area contributed by atoms with Gasteiger partial charge in [0.05, 0.1) is 6.26 Å². The number of furan rings is 1. The van der Waals surface area contributed by atoms with Gasteiger partial charge < -0.3 is 14.8 Å². The number of carbonyl (C=O) groups is 2. The Morgan fingerprint density at radius 3 is 2.47 bits per heavy atom. The summed E-state index contributed by atoms with van der Waals surface area (Å²) in [6.07, 6.45) is 1.58. The van der Waals surface area contributed by atoms with Crippen LogP contribution in [0, 0.1) is 0 Å². The molecule has 1 aromatic carbocycles. The van der Waals surface area contributed by atoms with Gasteiger partial charge in [0.1, 0.15) is 11.8 Å². The fourth-order valence-electron chi connectivity index (χ4n) is 1.66. The molecular formula is C14H13NO4. The van der Waals surface area contributed by atoms with Crippen LogP contribution in [0.25, 0.3) is 0 Å². The van der Waals surface area contributed by atoms with Crippen LogP contribution in [0.2, 0.25) is 0 Å². The number of carbonyl (C=O) groups excluding carboxylic acids is 1. The largest absolute Gasteiger partial charge is 0.480 e. The van der Waals surface area contributed by atoms with Crippen LogP contribution in [0.1, 0.15) is 16.1 Å². The smallest absolute Gasteiger partial charge is 0.326 e. The van der Waals surface area contributed by atoms with Gasteiger partial charge in [-0.05, 0) is 24.3 Å². The minimum absolute atomic E-state index is 0.112. The number of hydrogen-bond acceptors (Lipinski definition) is 3. The molecule has 5 nitrogen and oxygen atoms in total. The summed E-state index contributed by atoms with van der Waals surface area (Å²) in [5.41, 5.74) is 0.424. The first-order valence-corrected chi connectivity index (χ1v) is 5.78. The summed E-state index contributed by atoms with van der Waals surface area (Å²) in [6, 6.07) is 10.8. The van der Waals surface area contributed by atoms with Crippen molar-refractivity contribution < 1.29 is 19.1 Å². The molecule has 0 aliphatic carbocycles. The van der Waals surface area contributed by atoms with Crippen LogP contribution < -0.4 is 5.32 Å². The van der Waals surface area contributed by atoms with Gasteiger partial charge in [0, 0.05) is 12.0 Å². The van der Waals surface area contributed by atoms with Crippen molar-refractivity contribution in [2.45, 2.75) is 12.5 Å². The highest BCUT2D eigenvalue weighted by Gasteiger charge is 2.22. The molecule has 0 saturated carbocycles. The number of rotatable bonds is 5. The molecule has 0 bridgehead atoms. The van der Waals surface area contributed by atoms with Crippen molar-refractivity contribution in [1.29, 1.82) is 0 Å². The van der Waals surface area contributed by atoms with Crippen molar-refractivity contribution in [2.75, 3.05) is 0 Å². The Kier molecular flexibility index (Phi) is 3.97. The summed E-state index contributed by atoms with van der Waals surface area (Å²) in [7, 11) is 0. The lowest BCUT2D eigenvalue weighted by atomic mass is 10.1. The third-order valence-electron chi connectivity index (χ3n) is 2.62. The molecule has 98 valence electrons. The lowest BCUT2D eigenvalue weighted by Crippen LogP contribution is -2.42. The van der Waals surface area contributed by atoms with Gasteiger partial charge in [0.25, 0.3) is 5.91 Å². The summed E-state index contributed by atoms with van der Waals surface area (Å²) in [5.74, 6) is -0.999. The Balaban J connectivity index is 2.05. The number of carboxylic acid groups (broad SMARTS) is 1. The third-order valence-corrected chi connectivity index (χ3v) is 2.62. The van der Waals surface area contributed by atoms with Gasteiger partial charge in [-0.3, -0.25) is 4.79 Å². The first-order valence-electron chi connectivity index (χ1n) is 5.78. The maximum absolute atomic E-state index is 11.9. The third kappa shape index (κ3) is 3.45. The second-order valence-corrected chi connectivity index (χ2v) is 4.01. The standard InChI is InChI=1S/C14H13NO4/c16-13(10-5-2-1-3-6-10)15-12(14(17)18)9-11-7-4-8-19-11/h1-8,12H,9H2,(H,15,16)(H,17,18). The van der Waals surface area contributed by atoms with E-state index in [1.54, 1.807) is 42.5 Å². The predicted molar refractivity (Wildman–Crippen MR) is 67.7 cm³/mol. The number of hydrogen-bond donors (Lipinski definition) is 2. The number of nitrogens with one attached hydrogen (secondary N) is 1. The highest BCUT2D eigenvalue weighted by atomic mass is 16.4. The Bertz CT molecular complexity index is 548. The van der Waals surface area contributed by atoms with Gasteiger partial charge in [-0.25, -0.2) is 4.79 Å². The number of amides is 1. The van der Waals surface area contributed by atoms with Crippen molar-refractivity contribution in [3.05, 3.63) is 60.1 Å². The zero-order chi connectivity index (χ0) is 13.7. The molecule has 1 aromatic heterocycles. The van der Waals surface area contributed by atoms with E-state index in [4.69, 9.17) is 9.52 Å². The predicted octanol–water partition coefficient (Wildman–Crippen LogP) is 1.71. The molecule has 1 amide bonds. The molecular weight excluding hydrogens is 246 g/mol. The van der Waals surface area contributed by atoms with Gasteiger partial charge >= 0.3 is 5.97 Å². The quantitative estimate of drug-likeness (QED) is 0.856. The molecule has 1 heterocycles. The van der Waals surface area contributed by atoms with Crippen molar-refractivity contribution in [3.63, 3.8) is 0 Å². The van der Waals surface area contributed by atoms with Gasteiger partial charge in [-0.15, -0.1) is 0 Å². The molecule has 0 fully saturated rings. The van der Waals surface area contributed by atoms with Crippen LogP contribution >= 0.6 is 0 Å². The second kappa shape index (κ2) is 5.86. The summed E-state index contributed by atoms with van der Waals surface area (Å²) in [4.78, 5) is 23.0. The van der Waals surface area contributed by atoms with E-state index in [9.17, 15) is 9.59 Å². The van der Waals surface area contributed by atoms with Crippen LogP contribution in [0.15, 0.2) is 53.1 Å². The van der Waals surface area contributed by atoms with Crippen molar-refractivity contribution in [3.8, 4) is 0 Å². The zero-order valence-corrected chi connectivity index (χ0v) is 10.1. The van der Waals surface area contributed by atoms with E-state index in [0.717, 1.165) is 0 Å². The van der Waals surface area contributed by atoms with Crippen molar-refractivity contribution in [1.82, 2.24) is 5.32 Å². The van der Waals surface area contributed by atoms with E-state index in [2.05, 4.69) is 5.32 Å². The number of aliphatic carboxylic acids is 1. The molecule has 2 aromatic rings. The molecule has 2 rings (SSSR count). The average molecular weight is 259 g/mol. The van der Waals surface area contributed by atoms with E-state index in [-0.39, 0.29) is 6.42 Å². The van der Waals surface area contributed by atoms with E-state index in [0.29, 0.717) is 11.3 Å². The van der Waals surface area contributed by atoms with Gasteiger partial charge in [-0.2, -0.15) is 0 Å². The Hall–Kier alpha value is -2.56. The molecule has 5 heteroatoms. The Labute approximate surface area is 109 Å². The maximum Gasteiger partial charge on any atom is 0.326 e. The first kappa shape index (κ1) is 12.9. The van der Waals surface area contributed by atoms with E-state index < -0.39 is 17.9 Å². The number of benzene rings is 1. The molecule has 2 N–H and O–H groups in total. The van der Waals surface area contributed by atoms with Crippen LogP contribution in [0.4, 0.5) is 0 Å². The minimum Gasteiger partial charge on any atom is -0.480 e. The summed E-state index contributed by atoms with van der Waals surface area (Å²) in [6.45, 7) is 0. The normalized spacial score (nSPS) is 11.8. The molecule has 19 heavy (non-hydrogen) atoms. The molecule has 1 unspecified atom stereocenters. The van der Waals surface area contributed by atoms with Crippen molar-refractivity contribution >= 4 is 11.9 Å². The second-order valence-electron chi connectivity index (χ2n) is 4.01. The van der Waals surface area contributed by atoms with Gasteiger partial charge in [-0.1, -0.05) is 18.2 Å². The highest BCUT2D eigenvalue weighted by Crippen LogP contribution is 2.06. The summed E-state index contributed by atoms with van der Waals surface area (Å²) >= 11 is 0. The Morgan fingerprint density at radius 1 is 1.16 bits per heavy atom. The summed E-state index contributed by atoms with van der Waals surface area (Å²) in [5, 5.41) is 11.6. The molecule has 0 aliphatic rings. The van der Waals surface area contributed by atoms with Gasteiger partial charge in [0.2, 0.25) is 0 Å². The Morgan fingerprint density at radius 2 is 1.89 bits per heavy atom. The average Bonchev–Trinajstić information content (AvgIpc) is 2.91. The fraction of sp³-hybridized carbons (Fsp3) is 0.143. The molecule has 1 atom stereocenters. The minimum atomic E-state index is -1.10. The first-order chi connectivity index (χ1) is 9.16. The SMILES string of the molecule is O=C(NC(Cc1ccco1)C(=O)O)c1ccccc1. The number of carboxylic acids is 1.